The minimum atomic E-state index is -1.49. The minimum Gasteiger partial charge on any atom is -0.464 e. The molecular formula is C13H22O3. The van der Waals surface area contributed by atoms with Crippen molar-refractivity contribution in [1.82, 2.24) is 0 Å². The highest BCUT2D eigenvalue weighted by Crippen LogP contribution is 2.18. The number of rotatable bonds is 9. The number of hydrogen-bond donors (Lipinski definition) is 1. The van der Waals surface area contributed by atoms with Gasteiger partial charge in [-0.3, -0.25) is 0 Å². The van der Waals surface area contributed by atoms with Crippen molar-refractivity contribution in [3.63, 3.8) is 0 Å². The number of esters is 1. The first-order valence-corrected chi connectivity index (χ1v) is 5.72. The van der Waals surface area contributed by atoms with E-state index in [1.54, 1.807) is 0 Å². The van der Waals surface area contributed by atoms with Crippen LogP contribution in [0.25, 0.3) is 0 Å². The van der Waals surface area contributed by atoms with E-state index in [-0.39, 0.29) is 12.8 Å². The normalized spacial score (nSPS) is 10.9. The molecule has 0 spiro atoms. The summed E-state index contributed by atoms with van der Waals surface area (Å²) in [6.45, 7) is 9.48. The van der Waals surface area contributed by atoms with Crippen molar-refractivity contribution in [2.24, 2.45) is 0 Å². The smallest absolute Gasteiger partial charge is 0.338 e. The van der Waals surface area contributed by atoms with Crippen LogP contribution in [-0.2, 0) is 9.53 Å². The van der Waals surface area contributed by atoms with E-state index >= 15 is 0 Å². The van der Waals surface area contributed by atoms with Gasteiger partial charge in [0, 0.05) is 12.8 Å². The Balaban J connectivity index is 4.16. The highest BCUT2D eigenvalue weighted by atomic mass is 16.5. The molecule has 0 saturated carbocycles. The summed E-state index contributed by atoms with van der Waals surface area (Å²) < 4.78 is 5.03. The van der Waals surface area contributed by atoms with Crippen LogP contribution in [0, 0.1) is 0 Å². The van der Waals surface area contributed by atoms with Crippen LogP contribution in [0.15, 0.2) is 25.3 Å². The number of aliphatic hydroxyl groups is 1. The zero-order valence-electron chi connectivity index (χ0n) is 10.1. The fourth-order valence-corrected chi connectivity index (χ4v) is 1.38. The van der Waals surface area contributed by atoms with Crippen LogP contribution < -0.4 is 0 Å². The third-order valence-corrected chi connectivity index (χ3v) is 2.33. The van der Waals surface area contributed by atoms with E-state index in [4.69, 9.17) is 4.74 Å². The minimum absolute atomic E-state index is 0.186. The van der Waals surface area contributed by atoms with E-state index in [9.17, 15) is 9.90 Å². The summed E-state index contributed by atoms with van der Waals surface area (Å²) in [7, 11) is 0. The van der Waals surface area contributed by atoms with E-state index in [0.29, 0.717) is 6.61 Å². The lowest BCUT2D eigenvalue weighted by Gasteiger charge is -2.23. The van der Waals surface area contributed by atoms with Gasteiger partial charge in [0.2, 0.25) is 0 Å². The predicted molar refractivity (Wildman–Crippen MR) is 65.1 cm³/mol. The summed E-state index contributed by atoms with van der Waals surface area (Å²) >= 11 is 0. The summed E-state index contributed by atoms with van der Waals surface area (Å²) in [6.07, 6.45) is 6.32. The van der Waals surface area contributed by atoms with Crippen LogP contribution >= 0.6 is 0 Å². The fourth-order valence-electron chi connectivity index (χ4n) is 1.38. The third kappa shape index (κ3) is 5.12. The van der Waals surface area contributed by atoms with E-state index < -0.39 is 11.6 Å². The van der Waals surface area contributed by atoms with Gasteiger partial charge in [-0.25, -0.2) is 4.79 Å². The van der Waals surface area contributed by atoms with E-state index in [1.165, 1.54) is 12.2 Å². The summed E-state index contributed by atoms with van der Waals surface area (Å²) in [5, 5.41) is 10.0. The monoisotopic (exact) mass is 226 g/mol. The van der Waals surface area contributed by atoms with Crippen molar-refractivity contribution in [1.29, 1.82) is 0 Å². The summed E-state index contributed by atoms with van der Waals surface area (Å²) in [6, 6.07) is 0. The van der Waals surface area contributed by atoms with Crippen molar-refractivity contribution in [3.05, 3.63) is 25.3 Å². The molecule has 0 aromatic rings. The van der Waals surface area contributed by atoms with Gasteiger partial charge >= 0.3 is 5.97 Å². The Bertz CT molecular complexity index is 223. The van der Waals surface area contributed by atoms with Crippen LogP contribution in [0.5, 0.6) is 0 Å². The lowest BCUT2D eigenvalue weighted by Crippen LogP contribution is -2.39. The van der Waals surface area contributed by atoms with Crippen molar-refractivity contribution in [2.75, 3.05) is 6.61 Å². The molecule has 0 saturated heterocycles. The molecule has 1 N–H and O–H groups in total. The highest BCUT2D eigenvalue weighted by molar-refractivity contribution is 5.79. The molecule has 0 atom stereocenters. The molecule has 0 heterocycles. The van der Waals surface area contributed by atoms with Crippen LogP contribution in [-0.4, -0.2) is 23.3 Å². The first-order valence-electron chi connectivity index (χ1n) is 5.72. The first-order chi connectivity index (χ1) is 7.60. The molecular weight excluding hydrogens is 204 g/mol. The van der Waals surface area contributed by atoms with Gasteiger partial charge in [-0.15, -0.1) is 13.2 Å². The van der Waals surface area contributed by atoms with Gasteiger partial charge in [-0.05, 0) is 6.42 Å². The van der Waals surface area contributed by atoms with Crippen LogP contribution in [0.4, 0.5) is 0 Å². The second kappa shape index (κ2) is 8.11. The summed E-state index contributed by atoms with van der Waals surface area (Å²) in [4.78, 5) is 11.6. The average Bonchev–Trinajstić information content (AvgIpc) is 2.24. The van der Waals surface area contributed by atoms with Crippen molar-refractivity contribution >= 4 is 5.97 Å². The molecule has 0 aliphatic carbocycles. The average molecular weight is 226 g/mol. The SMILES string of the molecule is C=CCC(O)(CC=C)C(=O)OCCCCC. The second-order valence-corrected chi connectivity index (χ2v) is 3.86. The van der Waals surface area contributed by atoms with Crippen molar-refractivity contribution < 1.29 is 14.6 Å². The molecule has 0 aliphatic rings. The molecule has 0 rings (SSSR count). The molecule has 0 fully saturated rings. The van der Waals surface area contributed by atoms with Crippen molar-refractivity contribution in [3.8, 4) is 0 Å². The lowest BCUT2D eigenvalue weighted by molar-refractivity contribution is -0.165. The number of carbonyl (C=O) groups is 1. The lowest BCUT2D eigenvalue weighted by atomic mass is 9.96. The molecule has 0 aromatic heterocycles. The van der Waals surface area contributed by atoms with Gasteiger partial charge in [-0.1, -0.05) is 31.9 Å². The Kier molecular flexibility index (Phi) is 7.56. The zero-order chi connectivity index (χ0) is 12.4. The predicted octanol–water partition coefficient (Wildman–Crippen LogP) is 2.60. The maximum Gasteiger partial charge on any atom is 0.338 e. The fraction of sp³-hybridized carbons (Fsp3) is 0.615. The van der Waals surface area contributed by atoms with Gasteiger partial charge in [0.25, 0.3) is 0 Å². The van der Waals surface area contributed by atoms with Gasteiger partial charge < -0.3 is 9.84 Å². The Morgan fingerprint density at radius 2 is 1.88 bits per heavy atom. The molecule has 92 valence electrons. The summed E-state index contributed by atoms with van der Waals surface area (Å²) in [5.41, 5.74) is -1.49. The Morgan fingerprint density at radius 3 is 2.31 bits per heavy atom. The van der Waals surface area contributed by atoms with Crippen molar-refractivity contribution in [2.45, 2.75) is 44.6 Å². The van der Waals surface area contributed by atoms with E-state index in [0.717, 1.165) is 19.3 Å². The maximum absolute atomic E-state index is 11.6. The number of hydrogen-bond acceptors (Lipinski definition) is 3. The molecule has 0 aliphatic heterocycles. The Labute approximate surface area is 97.8 Å². The molecule has 3 nitrogen and oxygen atoms in total. The maximum atomic E-state index is 11.6. The molecule has 16 heavy (non-hydrogen) atoms. The molecule has 3 heteroatoms. The number of ether oxygens (including phenoxy) is 1. The van der Waals surface area contributed by atoms with Crippen LogP contribution in [0.1, 0.15) is 39.0 Å². The van der Waals surface area contributed by atoms with E-state index in [2.05, 4.69) is 20.1 Å². The Hall–Kier alpha value is -1.09. The highest BCUT2D eigenvalue weighted by Gasteiger charge is 2.34. The van der Waals surface area contributed by atoms with Crippen LogP contribution in [0.3, 0.4) is 0 Å². The topological polar surface area (TPSA) is 46.5 Å². The third-order valence-electron chi connectivity index (χ3n) is 2.33. The van der Waals surface area contributed by atoms with Crippen LogP contribution in [0.2, 0.25) is 0 Å². The molecule has 0 radical (unpaired) electrons. The number of carbonyl (C=O) groups excluding carboxylic acids is 1. The van der Waals surface area contributed by atoms with Gasteiger partial charge in [0.1, 0.15) is 0 Å². The van der Waals surface area contributed by atoms with Gasteiger partial charge in [-0.2, -0.15) is 0 Å². The Morgan fingerprint density at radius 1 is 1.31 bits per heavy atom. The van der Waals surface area contributed by atoms with Gasteiger partial charge in [0.15, 0.2) is 5.60 Å². The second-order valence-electron chi connectivity index (χ2n) is 3.86. The molecule has 0 unspecified atom stereocenters. The largest absolute Gasteiger partial charge is 0.464 e. The van der Waals surface area contributed by atoms with E-state index in [1.807, 2.05) is 0 Å². The zero-order valence-corrected chi connectivity index (χ0v) is 10.1. The molecule has 0 amide bonds. The summed E-state index contributed by atoms with van der Waals surface area (Å²) in [5.74, 6) is -0.580. The number of unbranched alkanes of at least 4 members (excludes halogenated alkanes) is 2. The standard InChI is InChI=1S/C13H22O3/c1-4-7-8-11-16-12(14)13(15,9-5-2)10-6-3/h5-6,15H,2-4,7-11H2,1H3. The molecule has 0 bridgehead atoms. The quantitative estimate of drug-likeness (QED) is 0.373. The first kappa shape index (κ1) is 14.9. The van der Waals surface area contributed by atoms with Gasteiger partial charge in [0.05, 0.1) is 6.61 Å². The molecule has 0 aromatic carbocycles.